The lowest BCUT2D eigenvalue weighted by atomic mass is 9.68. The van der Waals surface area contributed by atoms with E-state index in [2.05, 4.69) is 0 Å². The van der Waals surface area contributed by atoms with Crippen LogP contribution < -0.4 is 4.74 Å². The summed E-state index contributed by atoms with van der Waals surface area (Å²) in [4.78, 5) is 12.2. The maximum Gasteiger partial charge on any atom is 0.419 e. The number of hydrogen-bond donors (Lipinski definition) is 0. The molecule has 3 atom stereocenters. The van der Waals surface area contributed by atoms with Crippen molar-refractivity contribution in [2.24, 2.45) is 5.41 Å². The molecule has 0 radical (unpaired) electrons. The Morgan fingerprint density at radius 3 is 2.42 bits per heavy atom. The van der Waals surface area contributed by atoms with Gasteiger partial charge in [-0.15, -0.1) is 0 Å². The zero-order chi connectivity index (χ0) is 23.2. The molecule has 2 bridgehead atoms. The zero-order valence-corrected chi connectivity index (χ0v) is 18.1. The van der Waals surface area contributed by atoms with E-state index in [1.807, 2.05) is 20.8 Å². The summed E-state index contributed by atoms with van der Waals surface area (Å²) in [5.74, 6) is -2.52. The summed E-state index contributed by atoms with van der Waals surface area (Å²) in [6, 6.07) is 2.59. The van der Waals surface area contributed by atoms with Crippen LogP contribution in [0.25, 0.3) is 0 Å². The number of rotatable bonds is 6. The third-order valence-corrected chi connectivity index (χ3v) is 6.48. The largest absolute Gasteiger partial charge is 0.748 e. The molecule has 31 heavy (non-hydrogen) atoms. The molecule has 3 unspecified atom stereocenters. The average Bonchev–Trinajstić information content (AvgIpc) is 3.20. The third kappa shape index (κ3) is 4.98. The molecule has 3 rings (SSSR count). The Morgan fingerprint density at radius 1 is 1.26 bits per heavy atom. The molecular formula is C20H24F3O7S-. The highest BCUT2D eigenvalue weighted by Crippen LogP contribution is 2.53. The minimum absolute atomic E-state index is 0.0965. The minimum atomic E-state index is -4.73. The van der Waals surface area contributed by atoms with E-state index in [4.69, 9.17) is 14.2 Å². The summed E-state index contributed by atoms with van der Waals surface area (Å²) in [7, 11) is -4.60. The molecule has 0 amide bonds. The van der Waals surface area contributed by atoms with Gasteiger partial charge in [-0.25, -0.2) is 13.2 Å². The Balaban J connectivity index is 1.94. The molecule has 7 nitrogen and oxygen atoms in total. The van der Waals surface area contributed by atoms with Crippen LogP contribution in [0.4, 0.5) is 13.2 Å². The van der Waals surface area contributed by atoms with Crippen molar-refractivity contribution in [2.75, 3.05) is 12.4 Å². The molecule has 0 N–H and O–H groups in total. The summed E-state index contributed by atoms with van der Waals surface area (Å²) >= 11 is 0. The van der Waals surface area contributed by atoms with Crippen LogP contribution in [-0.4, -0.2) is 49.1 Å². The van der Waals surface area contributed by atoms with Crippen molar-refractivity contribution in [3.63, 3.8) is 0 Å². The summed E-state index contributed by atoms with van der Waals surface area (Å²) < 4.78 is 89.6. The lowest BCUT2D eigenvalue weighted by Gasteiger charge is -2.46. The van der Waals surface area contributed by atoms with E-state index in [0.29, 0.717) is 12.8 Å². The first-order valence-electron chi connectivity index (χ1n) is 9.79. The molecule has 0 spiro atoms. The van der Waals surface area contributed by atoms with Gasteiger partial charge in [0.1, 0.15) is 18.0 Å². The number of carbonyl (C=O) groups excluding carboxylic acids is 1. The van der Waals surface area contributed by atoms with E-state index in [1.165, 1.54) is 0 Å². The number of halogens is 3. The summed E-state index contributed by atoms with van der Waals surface area (Å²) in [6.45, 7) is 4.90. The quantitative estimate of drug-likeness (QED) is 0.468. The van der Waals surface area contributed by atoms with E-state index in [1.54, 1.807) is 0 Å². The van der Waals surface area contributed by atoms with Crippen molar-refractivity contribution in [3.05, 3.63) is 29.3 Å². The van der Waals surface area contributed by atoms with E-state index >= 15 is 0 Å². The van der Waals surface area contributed by atoms with Crippen molar-refractivity contribution in [1.29, 1.82) is 0 Å². The first-order chi connectivity index (χ1) is 14.1. The highest BCUT2D eigenvalue weighted by molar-refractivity contribution is 7.85. The van der Waals surface area contributed by atoms with E-state index < -0.39 is 57.0 Å². The van der Waals surface area contributed by atoms with Crippen molar-refractivity contribution < 1.29 is 45.1 Å². The molecule has 2 saturated heterocycles. The van der Waals surface area contributed by atoms with Gasteiger partial charge in [-0.1, -0.05) is 20.8 Å². The molecule has 0 aliphatic carbocycles. The fraction of sp³-hybridized carbons (Fsp3) is 0.650. The molecular weight excluding hydrogens is 441 g/mol. The molecule has 1 aromatic rings. The van der Waals surface area contributed by atoms with Gasteiger partial charge in [0.2, 0.25) is 0 Å². The van der Waals surface area contributed by atoms with Crippen molar-refractivity contribution in [3.8, 4) is 5.75 Å². The fourth-order valence-corrected chi connectivity index (χ4v) is 4.49. The van der Waals surface area contributed by atoms with Crippen LogP contribution in [0.5, 0.6) is 5.75 Å². The molecule has 0 saturated carbocycles. The van der Waals surface area contributed by atoms with Gasteiger partial charge >= 0.3 is 12.1 Å². The first-order valence-corrected chi connectivity index (χ1v) is 11.4. The molecule has 2 aliphatic rings. The molecule has 174 valence electrons. The lowest BCUT2D eigenvalue weighted by molar-refractivity contribution is -0.143. The number of ether oxygens (including phenoxy) is 3. The maximum atomic E-state index is 13.7. The molecule has 1 aromatic carbocycles. The normalized spacial score (nSPS) is 26.2. The van der Waals surface area contributed by atoms with Crippen LogP contribution in [0.15, 0.2) is 18.2 Å². The second-order valence-electron chi connectivity index (χ2n) is 8.88. The van der Waals surface area contributed by atoms with Gasteiger partial charge in [-0.3, -0.25) is 0 Å². The standard InChI is InChI=1S/C20H25F3O7S/c1-18(2,3)19(11-13-5-7-16(19)29-13)30-15-10-12(4-6-14(15)20(21,22)23)17(24)28-8-9-31(25,26)27/h4,6,10,13,16H,5,7-9,11H2,1-3H3,(H,25,26,27)/p-1. The van der Waals surface area contributed by atoms with Crippen LogP contribution in [0.3, 0.4) is 0 Å². The van der Waals surface area contributed by atoms with E-state index in [-0.39, 0.29) is 17.8 Å². The number of benzene rings is 1. The Labute approximate surface area is 178 Å². The Morgan fingerprint density at radius 2 is 1.94 bits per heavy atom. The number of carbonyl (C=O) groups is 1. The summed E-state index contributed by atoms with van der Waals surface area (Å²) in [5, 5.41) is 0. The fourth-order valence-electron chi connectivity index (χ4n) is 4.20. The van der Waals surface area contributed by atoms with Crippen molar-refractivity contribution in [2.45, 2.75) is 64.0 Å². The Kier molecular flexibility index (Phi) is 6.09. The van der Waals surface area contributed by atoms with E-state index in [0.717, 1.165) is 24.6 Å². The number of esters is 1. The number of hydrogen-bond acceptors (Lipinski definition) is 7. The highest BCUT2D eigenvalue weighted by Gasteiger charge is 2.60. The predicted molar refractivity (Wildman–Crippen MR) is 102 cm³/mol. The summed E-state index contributed by atoms with van der Waals surface area (Å²) in [6.07, 6.45) is -3.31. The van der Waals surface area contributed by atoms with Gasteiger partial charge in [-0.2, -0.15) is 13.2 Å². The molecule has 0 aromatic heterocycles. The van der Waals surface area contributed by atoms with Crippen LogP contribution >= 0.6 is 0 Å². The van der Waals surface area contributed by atoms with Crippen molar-refractivity contribution >= 4 is 16.1 Å². The Bertz CT molecular complexity index is 953. The predicted octanol–water partition coefficient (Wildman–Crippen LogP) is 3.52. The number of alkyl halides is 3. The number of fused-ring (bicyclic) bond motifs is 2. The molecule has 2 aliphatic heterocycles. The first kappa shape index (κ1) is 23.8. The van der Waals surface area contributed by atoms with Crippen LogP contribution in [-0.2, 0) is 25.8 Å². The second-order valence-corrected chi connectivity index (χ2v) is 10.4. The third-order valence-electron chi connectivity index (χ3n) is 5.81. The van der Waals surface area contributed by atoms with Crippen LogP contribution in [0.1, 0.15) is 56.0 Å². The maximum absolute atomic E-state index is 13.7. The van der Waals surface area contributed by atoms with Gasteiger partial charge < -0.3 is 18.8 Å². The highest BCUT2D eigenvalue weighted by atomic mass is 32.2. The van der Waals surface area contributed by atoms with Gasteiger partial charge in [0.05, 0.1) is 39.2 Å². The second kappa shape index (κ2) is 7.93. The van der Waals surface area contributed by atoms with Crippen LogP contribution in [0, 0.1) is 5.41 Å². The van der Waals surface area contributed by atoms with Crippen molar-refractivity contribution in [1.82, 2.24) is 0 Å². The zero-order valence-electron chi connectivity index (χ0n) is 17.3. The van der Waals surface area contributed by atoms with Crippen LogP contribution in [0.2, 0.25) is 0 Å². The lowest BCUT2D eigenvalue weighted by Crippen LogP contribution is -2.55. The molecule has 2 fully saturated rings. The van der Waals surface area contributed by atoms with E-state index in [9.17, 15) is 30.9 Å². The smallest absolute Gasteiger partial charge is 0.419 e. The van der Waals surface area contributed by atoms with Gasteiger partial charge in [0.15, 0.2) is 0 Å². The van der Waals surface area contributed by atoms with Gasteiger partial charge in [0, 0.05) is 11.8 Å². The topological polar surface area (TPSA) is 102 Å². The van der Waals surface area contributed by atoms with Gasteiger partial charge in [-0.05, 0) is 31.0 Å². The Hall–Kier alpha value is -1.85. The minimum Gasteiger partial charge on any atom is -0.748 e. The monoisotopic (exact) mass is 465 g/mol. The SMILES string of the molecule is CC(C)(C)C1(Oc2cc(C(=O)OCCS(=O)(=O)[O-])ccc2C(F)(F)F)CC2CCC1O2. The summed E-state index contributed by atoms with van der Waals surface area (Å²) in [5.41, 5.74) is -2.87. The molecule has 2 heterocycles. The average molecular weight is 465 g/mol. The van der Waals surface area contributed by atoms with Gasteiger partial charge in [0.25, 0.3) is 0 Å². The molecule has 11 heteroatoms.